The molecule has 1 heterocycles. The Kier molecular flexibility index (Phi) is 5.54. The fourth-order valence-electron chi connectivity index (χ4n) is 2.74. The van der Waals surface area contributed by atoms with Crippen molar-refractivity contribution in [2.75, 3.05) is 0 Å². The number of rotatable bonds is 4. The fourth-order valence-corrected chi connectivity index (χ4v) is 4.46. The molecule has 1 aromatic heterocycles. The second kappa shape index (κ2) is 7.30. The van der Waals surface area contributed by atoms with Crippen LogP contribution in [0.25, 0.3) is 15.7 Å². The number of hydrogen-bond acceptors (Lipinski definition) is 2. The maximum atomic E-state index is 13.8. The monoisotopic (exact) mass is 450 g/mol. The summed E-state index contributed by atoms with van der Waals surface area (Å²) in [5.74, 6) is 0. The maximum Gasteiger partial charge on any atom is 0.421 e. The molecule has 0 aliphatic rings. The molecule has 0 fully saturated rings. The number of alkyl halides is 3. The summed E-state index contributed by atoms with van der Waals surface area (Å²) in [4.78, 5) is 0.531. The number of halogens is 6. The van der Waals surface area contributed by atoms with Crippen molar-refractivity contribution in [2.45, 2.75) is 18.2 Å². The lowest BCUT2D eigenvalue weighted by molar-refractivity contribution is -0.264. The Balaban J connectivity index is 2.02. The molecule has 3 aromatic rings. The summed E-state index contributed by atoms with van der Waals surface area (Å²) in [7, 11) is 0. The Morgan fingerprint density at radius 1 is 0.963 bits per heavy atom. The Hall–Kier alpha value is -1.24. The second-order valence-corrected chi connectivity index (χ2v) is 8.48. The highest BCUT2D eigenvalue weighted by Gasteiger charge is 2.55. The first-order chi connectivity index (χ1) is 12.5. The topological polar surface area (TPSA) is 20.2 Å². The van der Waals surface area contributed by atoms with Gasteiger partial charge < -0.3 is 5.11 Å². The number of thiophene rings is 1. The zero-order chi connectivity index (χ0) is 20.0. The Morgan fingerprint density at radius 2 is 1.59 bits per heavy atom. The highest BCUT2D eigenvalue weighted by atomic mass is 35.5. The largest absolute Gasteiger partial charge is 0.421 e. The summed E-state index contributed by atoms with van der Waals surface area (Å²) in [6.07, 6.45) is -5.71. The van der Waals surface area contributed by atoms with Crippen molar-refractivity contribution in [3.05, 3.63) is 74.6 Å². The van der Waals surface area contributed by atoms with Crippen LogP contribution in [0.3, 0.4) is 0 Å². The van der Waals surface area contributed by atoms with E-state index in [0.717, 1.165) is 22.2 Å². The number of fused-ring (bicyclic) bond motifs is 1. The predicted octanol–water partition coefficient (Wildman–Crippen LogP) is 7.71. The molecule has 3 rings (SSSR count). The molecular formula is C19H12Cl3F3OS. The molecule has 2 aromatic carbocycles. The van der Waals surface area contributed by atoms with Gasteiger partial charge in [0.25, 0.3) is 0 Å². The molecule has 0 spiro atoms. The van der Waals surface area contributed by atoms with E-state index < -0.39 is 23.8 Å². The second-order valence-electron chi connectivity index (χ2n) is 6.09. The average Bonchev–Trinajstić information content (AvgIpc) is 2.96. The van der Waals surface area contributed by atoms with Gasteiger partial charge in [-0.05, 0) is 59.0 Å². The molecule has 0 aliphatic heterocycles. The van der Waals surface area contributed by atoms with Gasteiger partial charge >= 0.3 is 6.18 Å². The third-order valence-corrected chi connectivity index (χ3v) is 5.99. The maximum absolute atomic E-state index is 13.8. The van der Waals surface area contributed by atoms with Gasteiger partial charge in [-0.25, -0.2) is 0 Å². The predicted molar refractivity (Wildman–Crippen MR) is 107 cm³/mol. The third kappa shape index (κ3) is 4.13. The smallest absolute Gasteiger partial charge is 0.376 e. The van der Waals surface area contributed by atoms with Crippen LogP contribution < -0.4 is 0 Å². The van der Waals surface area contributed by atoms with E-state index in [1.807, 2.05) is 0 Å². The molecular weight excluding hydrogens is 440 g/mol. The van der Waals surface area contributed by atoms with Gasteiger partial charge in [0.1, 0.15) is 0 Å². The highest BCUT2D eigenvalue weighted by molar-refractivity contribution is 7.20. The van der Waals surface area contributed by atoms with Crippen LogP contribution in [0.5, 0.6) is 0 Å². The van der Waals surface area contributed by atoms with Gasteiger partial charge in [-0.2, -0.15) is 13.2 Å². The first-order valence-electron chi connectivity index (χ1n) is 7.62. The first-order valence-corrected chi connectivity index (χ1v) is 9.57. The Labute approximate surface area is 172 Å². The van der Waals surface area contributed by atoms with Crippen molar-refractivity contribution in [2.24, 2.45) is 0 Å². The highest BCUT2D eigenvalue weighted by Crippen LogP contribution is 2.47. The summed E-state index contributed by atoms with van der Waals surface area (Å²) in [6, 6.07) is 10.3. The summed E-state index contributed by atoms with van der Waals surface area (Å²) >= 11 is 18.9. The average molecular weight is 452 g/mol. The summed E-state index contributed by atoms with van der Waals surface area (Å²) in [5, 5.41) is 11.9. The molecule has 0 radical (unpaired) electrons. The van der Waals surface area contributed by atoms with E-state index >= 15 is 0 Å². The number of hydrogen-bond donors (Lipinski definition) is 1. The van der Waals surface area contributed by atoms with Gasteiger partial charge in [0.2, 0.25) is 0 Å². The van der Waals surface area contributed by atoms with Crippen LogP contribution in [0.2, 0.25) is 15.1 Å². The molecule has 0 bridgehead atoms. The van der Waals surface area contributed by atoms with Crippen LogP contribution in [0, 0.1) is 0 Å². The van der Waals surface area contributed by atoms with E-state index in [-0.39, 0.29) is 15.6 Å². The first kappa shape index (κ1) is 20.5. The van der Waals surface area contributed by atoms with Crippen LogP contribution >= 0.6 is 46.1 Å². The summed E-state index contributed by atoms with van der Waals surface area (Å²) in [5.41, 5.74) is -3.46. The fraction of sp³-hybridized carbons (Fsp3) is 0.158. The Bertz CT molecular complexity index is 1010. The summed E-state index contributed by atoms with van der Waals surface area (Å²) in [6.45, 7) is 3.76. The molecule has 0 aliphatic carbocycles. The van der Waals surface area contributed by atoms with E-state index in [0.29, 0.717) is 9.90 Å². The zero-order valence-electron chi connectivity index (χ0n) is 13.6. The molecule has 1 atom stereocenters. The lowest BCUT2D eigenvalue weighted by atomic mass is 9.86. The van der Waals surface area contributed by atoms with Crippen LogP contribution in [-0.4, -0.2) is 11.3 Å². The van der Waals surface area contributed by atoms with Crippen LogP contribution in [-0.2, 0) is 5.60 Å². The van der Waals surface area contributed by atoms with Crippen molar-refractivity contribution in [3.8, 4) is 0 Å². The van der Waals surface area contributed by atoms with Crippen LogP contribution in [0.1, 0.15) is 16.9 Å². The lowest BCUT2D eigenvalue weighted by Gasteiger charge is -2.32. The van der Waals surface area contributed by atoms with Crippen molar-refractivity contribution in [3.63, 3.8) is 0 Å². The molecule has 0 amide bonds. The molecule has 1 N–H and O–H groups in total. The van der Waals surface area contributed by atoms with Gasteiger partial charge in [-0.15, -0.1) is 11.3 Å². The van der Waals surface area contributed by atoms with Crippen LogP contribution in [0.15, 0.2) is 49.0 Å². The lowest BCUT2D eigenvalue weighted by Crippen LogP contribution is -2.42. The minimum atomic E-state index is -4.95. The van der Waals surface area contributed by atoms with E-state index in [1.165, 1.54) is 17.4 Å². The van der Waals surface area contributed by atoms with Crippen molar-refractivity contribution >= 4 is 61.8 Å². The molecule has 27 heavy (non-hydrogen) atoms. The van der Waals surface area contributed by atoms with E-state index in [1.54, 1.807) is 24.3 Å². The van der Waals surface area contributed by atoms with Crippen molar-refractivity contribution < 1.29 is 18.3 Å². The van der Waals surface area contributed by atoms with Gasteiger partial charge in [0.15, 0.2) is 5.60 Å². The zero-order valence-corrected chi connectivity index (χ0v) is 16.7. The van der Waals surface area contributed by atoms with Gasteiger partial charge in [0.05, 0.1) is 0 Å². The molecule has 0 saturated carbocycles. The summed E-state index contributed by atoms with van der Waals surface area (Å²) < 4.78 is 42.2. The van der Waals surface area contributed by atoms with E-state index in [2.05, 4.69) is 6.58 Å². The molecule has 0 saturated heterocycles. The van der Waals surface area contributed by atoms with Crippen LogP contribution in [0.4, 0.5) is 13.2 Å². The van der Waals surface area contributed by atoms with Gasteiger partial charge in [-0.3, -0.25) is 0 Å². The quantitative estimate of drug-likeness (QED) is 0.430. The van der Waals surface area contributed by atoms with E-state index in [4.69, 9.17) is 34.8 Å². The number of benzene rings is 2. The third-order valence-electron chi connectivity index (χ3n) is 4.11. The standard InChI is InChI=1S/C19H12Cl3F3OS/c1-10(17-5-11-4-13(20)2-3-16(11)27-17)9-18(26,19(23,24)25)12-6-14(21)8-15(22)7-12/h2-8,26H,1,9H2. The number of aliphatic hydroxyl groups is 1. The molecule has 1 nitrogen and oxygen atoms in total. The SMILES string of the molecule is C=C(CC(O)(c1cc(Cl)cc(Cl)c1)C(F)(F)F)c1cc2cc(Cl)ccc2s1. The van der Waals surface area contributed by atoms with Gasteiger partial charge in [0, 0.05) is 31.1 Å². The van der Waals surface area contributed by atoms with Gasteiger partial charge in [-0.1, -0.05) is 41.4 Å². The minimum Gasteiger partial charge on any atom is -0.376 e. The molecule has 142 valence electrons. The minimum absolute atomic E-state index is 0.00212. The van der Waals surface area contributed by atoms with Crippen molar-refractivity contribution in [1.29, 1.82) is 0 Å². The molecule has 1 unspecified atom stereocenters. The normalized spacial score (nSPS) is 14.3. The van der Waals surface area contributed by atoms with E-state index in [9.17, 15) is 18.3 Å². The Morgan fingerprint density at radius 3 is 2.19 bits per heavy atom. The molecule has 8 heteroatoms. The van der Waals surface area contributed by atoms with Crippen molar-refractivity contribution in [1.82, 2.24) is 0 Å².